The van der Waals surface area contributed by atoms with Gasteiger partial charge < -0.3 is 24.4 Å². The molecule has 2 aromatic rings. The number of methoxy groups -OCH3 is 2. The minimum atomic E-state index is -0.494. The number of aromatic nitrogens is 2. The lowest BCUT2D eigenvalue weighted by Gasteiger charge is -2.36. The summed E-state index contributed by atoms with van der Waals surface area (Å²) < 4.78 is 18.7. The third kappa shape index (κ3) is 5.57. The van der Waals surface area contributed by atoms with Crippen molar-refractivity contribution in [2.24, 2.45) is 0 Å². The van der Waals surface area contributed by atoms with E-state index in [1.165, 1.54) is 5.56 Å². The van der Waals surface area contributed by atoms with Crippen LogP contribution < -0.4 is 5.32 Å². The van der Waals surface area contributed by atoms with Gasteiger partial charge in [0.05, 0.1) is 30.0 Å². The van der Waals surface area contributed by atoms with Gasteiger partial charge in [-0.1, -0.05) is 12.1 Å². The predicted octanol–water partition coefficient (Wildman–Crippen LogP) is 2.83. The predicted molar refractivity (Wildman–Crippen MR) is 127 cm³/mol. The molecule has 2 aliphatic rings. The molecule has 33 heavy (non-hydrogen) atoms. The number of amides is 1. The minimum absolute atomic E-state index is 0.0493. The summed E-state index contributed by atoms with van der Waals surface area (Å²) in [5, 5.41) is 9.49. The second-order valence-corrected chi connectivity index (χ2v) is 9.34. The molecule has 0 bridgehead atoms. The van der Waals surface area contributed by atoms with Crippen molar-refractivity contribution in [2.45, 2.75) is 70.4 Å². The summed E-state index contributed by atoms with van der Waals surface area (Å²) in [7, 11) is 3.39. The average molecular weight is 459 g/mol. The van der Waals surface area contributed by atoms with Crippen LogP contribution in [0.1, 0.15) is 49.9 Å². The zero-order chi connectivity index (χ0) is 23.4. The van der Waals surface area contributed by atoms with E-state index in [0.29, 0.717) is 19.7 Å². The monoisotopic (exact) mass is 458 g/mol. The molecule has 1 aliphatic carbocycles. The Morgan fingerprint density at radius 2 is 2.09 bits per heavy atom. The number of nitrogens with zero attached hydrogens (tertiary/aromatic N) is 3. The lowest BCUT2D eigenvalue weighted by molar-refractivity contribution is -0.156. The molecule has 1 aliphatic heterocycles. The third-order valence-corrected chi connectivity index (χ3v) is 6.60. The molecule has 1 saturated carbocycles. The number of morpholine rings is 1. The number of carbonyl (C=O) groups is 1. The molecular weight excluding hydrogens is 420 g/mol. The van der Waals surface area contributed by atoms with E-state index in [2.05, 4.69) is 42.0 Å². The minimum Gasteiger partial charge on any atom is -0.385 e. The maximum Gasteiger partial charge on any atom is 0.253 e. The fourth-order valence-electron chi connectivity index (χ4n) is 4.77. The van der Waals surface area contributed by atoms with Crippen molar-refractivity contribution in [1.82, 2.24) is 20.0 Å². The van der Waals surface area contributed by atoms with Gasteiger partial charge in [0.25, 0.3) is 5.91 Å². The molecule has 0 unspecified atom stereocenters. The Labute approximate surface area is 196 Å². The number of ether oxygens (including phenoxy) is 3. The molecule has 2 heterocycles. The van der Waals surface area contributed by atoms with Crippen LogP contribution in [0, 0.1) is 6.92 Å². The van der Waals surface area contributed by atoms with Crippen LogP contribution in [0.3, 0.4) is 0 Å². The van der Waals surface area contributed by atoms with Crippen molar-refractivity contribution in [2.75, 3.05) is 40.5 Å². The summed E-state index contributed by atoms with van der Waals surface area (Å²) in [4.78, 5) is 15.7. The second kappa shape index (κ2) is 11.0. The standard InChI is InChI=1S/C25H38N4O4/c1-17-7-10-21-22(13-17)28(11-5-6-12-31-3)27-24(21)18(2)29(19-8-9-19)25(30)23-15-26-14-20(33-23)16-32-4/h7,10,13,18-20,23,26H,5-6,8-9,11-12,14-16H2,1-4H3/t18-,20+,23-/m1/s1. The summed E-state index contributed by atoms with van der Waals surface area (Å²) >= 11 is 0. The highest BCUT2D eigenvalue weighted by Crippen LogP contribution is 2.37. The molecule has 3 atom stereocenters. The first-order valence-corrected chi connectivity index (χ1v) is 12.2. The van der Waals surface area contributed by atoms with Crippen LogP contribution >= 0.6 is 0 Å². The van der Waals surface area contributed by atoms with Crippen molar-refractivity contribution in [3.63, 3.8) is 0 Å². The van der Waals surface area contributed by atoms with Crippen molar-refractivity contribution in [1.29, 1.82) is 0 Å². The zero-order valence-corrected chi connectivity index (χ0v) is 20.4. The van der Waals surface area contributed by atoms with Crippen LogP contribution in [0.25, 0.3) is 10.9 Å². The molecular formula is C25H38N4O4. The van der Waals surface area contributed by atoms with Gasteiger partial charge in [0.1, 0.15) is 6.10 Å². The molecule has 1 aromatic carbocycles. The Bertz CT molecular complexity index is 940. The maximum absolute atomic E-state index is 13.7. The highest BCUT2D eigenvalue weighted by atomic mass is 16.5. The smallest absolute Gasteiger partial charge is 0.253 e. The number of benzene rings is 1. The molecule has 0 spiro atoms. The van der Waals surface area contributed by atoms with Crippen LogP contribution in [0.5, 0.6) is 0 Å². The molecule has 8 nitrogen and oxygen atoms in total. The average Bonchev–Trinajstić information content (AvgIpc) is 3.58. The normalized spacial score (nSPS) is 21.9. The molecule has 0 radical (unpaired) electrons. The highest BCUT2D eigenvalue weighted by Gasteiger charge is 2.42. The molecule has 2 fully saturated rings. The van der Waals surface area contributed by atoms with Gasteiger partial charge in [0, 0.05) is 51.9 Å². The topological polar surface area (TPSA) is 77.9 Å². The number of hydrogen-bond acceptors (Lipinski definition) is 6. The highest BCUT2D eigenvalue weighted by molar-refractivity contribution is 5.86. The molecule has 1 aromatic heterocycles. The van der Waals surface area contributed by atoms with Crippen LogP contribution in [0.4, 0.5) is 0 Å². The van der Waals surface area contributed by atoms with Gasteiger partial charge in [-0.2, -0.15) is 5.10 Å². The summed E-state index contributed by atoms with van der Waals surface area (Å²) in [6.45, 7) is 7.52. The first kappa shape index (κ1) is 24.1. The molecule has 182 valence electrons. The summed E-state index contributed by atoms with van der Waals surface area (Å²) in [6.07, 6.45) is 3.46. The van der Waals surface area contributed by atoms with Crippen molar-refractivity contribution >= 4 is 16.8 Å². The Kier molecular flexibility index (Phi) is 8.01. The van der Waals surface area contributed by atoms with E-state index in [1.54, 1.807) is 14.2 Å². The lowest BCUT2D eigenvalue weighted by Crippen LogP contribution is -2.54. The molecule has 1 amide bonds. The van der Waals surface area contributed by atoms with Gasteiger partial charge in [-0.05, 0) is 51.2 Å². The lowest BCUT2D eigenvalue weighted by atomic mass is 10.1. The number of unbranched alkanes of at least 4 members (excludes halogenated alkanes) is 1. The molecule has 8 heteroatoms. The number of carbonyl (C=O) groups excluding carboxylic acids is 1. The molecule has 4 rings (SSSR count). The van der Waals surface area contributed by atoms with E-state index in [0.717, 1.165) is 55.4 Å². The Balaban J connectivity index is 1.58. The van der Waals surface area contributed by atoms with Gasteiger partial charge in [-0.25, -0.2) is 0 Å². The van der Waals surface area contributed by atoms with Gasteiger partial charge >= 0.3 is 0 Å². The van der Waals surface area contributed by atoms with E-state index in [4.69, 9.17) is 19.3 Å². The number of aryl methyl sites for hydroxylation is 2. The number of fused-ring (bicyclic) bond motifs is 1. The molecule has 1 saturated heterocycles. The first-order chi connectivity index (χ1) is 16.0. The van der Waals surface area contributed by atoms with Crippen LogP contribution in [-0.4, -0.2) is 79.4 Å². The largest absolute Gasteiger partial charge is 0.385 e. The van der Waals surface area contributed by atoms with E-state index >= 15 is 0 Å². The van der Waals surface area contributed by atoms with Crippen LogP contribution in [0.2, 0.25) is 0 Å². The van der Waals surface area contributed by atoms with Gasteiger partial charge in [0.15, 0.2) is 0 Å². The fourth-order valence-corrected chi connectivity index (χ4v) is 4.77. The number of rotatable bonds is 11. The first-order valence-electron chi connectivity index (χ1n) is 12.2. The van der Waals surface area contributed by atoms with E-state index in [9.17, 15) is 4.79 Å². The summed E-state index contributed by atoms with van der Waals surface area (Å²) in [5.74, 6) is 0.0493. The van der Waals surface area contributed by atoms with Gasteiger partial charge in [0.2, 0.25) is 0 Å². The SMILES string of the molecule is COCCCCn1nc([C@@H](C)N(C(=O)[C@H]2CNC[C@@H](COC)O2)C2CC2)c2ccc(C)cc21. The number of hydrogen-bond donors (Lipinski definition) is 1. The van der Waals surface area contributed by atoms with Crippen molar-refractivity contribution < 1.29 is 19.0 Å². The summed E-state index contributed by atoms with van der Waals surface area (Å²) in [5.41, 5.74) is 3.31. The van der Waals surface area contributed by atoms with Gasteiger partial charge in [-0.3, -0.25) is 9.48 Å². The second-order valence-electron chi connectivity index (χ2n) is 9.34. The van der Waals surface area contributed by atoms with Gasteiger partial charge in [-0.15, -0.1) is 0 Å². The van der Waals surface area contributed by atoms with Crippen LogP contribution in [-0.2, 0) is 25.5 Å². The van der Waals surface area contributed by atoms with E-state index in [-0.39, 0.29) is 24.1 Å². The number of nitrogens with one attached hydrogen (secondary N) is 1. The fraction of sp³-hybridized carbons (Fsp3) is 0.680. The third-order valence-electron chi connectivity index (χ3n) is 6.60. The Morgan fingerprint density at radius 1 is 1.27 bits per heavy atom. The Morgan fingerprint density at radius 3 is 2.82 bits per heavy atom. The maximum atomic E-state index is 13.7. The quantitative estimate of drug-likeness (QED) is 0.522. The summed E-state index contributed by atoms with van der Waals surface area (Å²) in [6, 6.07) is 6.61. The Hall–Kier alpha value is -2.00. The van der Waals surface area contributed by atoms with E-state index in [1.807, 2.05) is 4.90 Å². The van der Waals surface area contributed by atoms with E-state index < -0.39 is 6.10 Å². The van der Waals surface area contributed by atoms with Crippen molar-refractivity contribution in [3.8, 4) is 0 Å². The van der Waals surface area contributed by atoms with Crippen molar-refractivity contribution in [3.05, 3.63) is 29.5 Å². The zero-order valence-electron chi connectivity index (χ0n) is 20.4. The molecule has 1 N–H and O–H groups in total. The van der Waals surface area contributed by atoms with Crippen LogP contribution in [0.15, 0.2) is 18.2 Å².